The molecule has 1 amide bonds. The maximum Gasteiger partial charge on any atom is 0.471 e. The summed E-state index contributed by atoms with van der Waals surface area (Å²) in [6, 6.07) is 2.76. The number of allylic oxidation sites excluding steroid dienone is 1. The maximum atomic E-state index is 12.3. The molecule has 0 saturated heterocycles. The number of halogens is 3. The van der Waals surface area contributed by atoms with E-state index >= 15 is 0 Å². The molecule has 0 heterocycles. The Labute approximate surface area is 139 Å². The van der Waals surface area contributed by atoms with Crippen LogP contribution in [-0.2, 0) is 11.2 Å². The molecule has 7 heteroatoms. The average Bonchev–Trinajstić information content (AvgIpc) is 2.46. The van der Waals surface area contributed by atoms with Crippen molar-refractivity contribution in [2.45, 2.75) is 39.4 Å². The van der Waals surface area contributed by atoms with Gasteiger partial charge < -0.3 is 14.8 Å². The molecule has 0 radical (unpaired) electrons. The SMILES string of the molecule is COc1cc(CC(C)NC(=O)C(F)(F)F)c(OC)cc1C=C(C)C. The molecule has 1 atom stereocenters. The van der Waals surface area contributed by atoms with Crippen molar-refractivity contribution in [1.82, 2.24) is 5.32 Å². The smallest absolute Gasteiger partial charge is 0.471 e. The molecule has 1 aromatic rings. The molecule has 0 bridgehead atoms. The van der Waals surface area contributed by atoms with Crippen molar-refractivity contribution < 1.29 is 27.4 Å². The van der Waals surface area contributed by atoms with E-state index in [-0.39, 0.29) is 6.42 Å². The number of rotatable bonds is 6. The minimum absolute atomic E-state index is 0.177. The van der Waals surface area contributed by atoms with Crippen molar-refractivity contribution in [3.8, 4) is 11.5 Å². The predicted molar refractivity (Wildman–Crippen MR) is 86.2 cm³/mol. The van der Waals surface area contributed by atoms with Gasteiger partial charge in [-0.3, -0.25) is 4.79 Å². The van der Waals surface area contributed by atoms with Crippen LogP contribution in [0.3, 0.4) is 0 Å². The zero-order chi connectivity index (χ0) is 18.5. The summed E-state index contributed by atoms with van der Waals surface area (Å²) >= 11 is 0. The van der Waals surface area contributed by atoms with Crippen LogP contribution >= 0.6 is 0 Å². The largest absolute Gasteiger partial charge is 0.496 e. The lowest BCUT2D eigenvalue weighted by Gasteiger charge is -2.18. The fraction of sp³-hybridized carbons (Fsp3) is 0.471. The Hall–Kier alpha value is -2.18. The van der Waals surface area contributed by atoms with E-state index in [0.717, 1.165) is 11.1 Å². The van der Waals surface area contributed by atoms with Crippen LogP contribution in [0, 0.1) is 0 Å². The number of carbonyl (C=O) groups excluding carboxylic acids is 1. The second-order valence-corrected chi connectivity index (χ2v) is 5.70. The summed E-state index contributed by atoms with van der Waals surface area (Å²) in [5.74, 6) is -0.847. The molecule has 24 heavy (non-hydrogen) atoms. The van der Waals surface area contributed by atoms with Crippen molar-refractivity contribution in [3.63, 3.8) is 0 Å². The standard InChI is InChI=1S/C17H22F3NO3/c1-10(2)6-12-8-15(24-5)13(9-14(12)23-4)7-11(3)21-16(22)17(18,19)20/h6,8-9,11H,7H2,1-5H3,(H,21,22). The van der Waals surface area contributed by atoms with Gasteiger partial charge in [-0.2, -0.15) is 13.2 Å². The Bertz CT molecular complexity index is 620. The van der Waals surface area contributed by atoms with Gasteiger partial charge in [0.2, 0.25) is 0 Å². The Morgan fingerprint density at radius 1 is 1.21 bits per heavy atom. The van der Waals surface area contributed by atoms with Gasteiger partial charge in [0.05, 0.1) is 14.2 Å². The number of alkyl halides is 3. The number of carbonyl (C=O) groups is 1. The zero-order valence-electron chi connectivity index (χ0n) is 14.4. The zero-order valence-corrected chi connectivity index (χ0v) is 14.4. The number of nitrogens with one attached hydrogen (secondary N) is 1. The lowest BCUT2D eigenvalue weighted by atomic mass is 10.0. The molecule has 0 aliphatic carbocycles. The molecule has 1 N–H and O–H groups in total. The summed E-state index contributed by atoms with van der Waals surface area (Å²) < 4.78 is 47.6. The highest BCUT2D eigenvalue weighted by atomic mass is 19.4. The Morgan fingerprint density at radius 3 is 2.25 bits per heavy atom. The van der Waals surface area contributed by atoms with Crippen LogP contribution in [0.5, 0.6) is 11.5 Å². The fourth-order valence-electron chi connectivity index (χ4n) is 2.25. The number of methoxy groups -OCH3 is 2. The van der Waals surface area contributed by atoms with Crippen LogP contribution in [0.25, 0.3) is 6.08 Å². The lowest BCUT2D eigenvalue weighted by molar-refractivity contribution is -0.174. The van der Waals surface area contributed by atoms with Crippen molar-refractivity contribution >= 4 is 12.0 Å². The molecular weight excluding hydrogens is 323 g/mol. The van der Waals surface area contributed by atoms with Gasteiger partial charge >= 0.3 is 12.1 Å². The van der Waals surface area contributed by atoms with Crippen molar-refractivity contribution in [1.29, 1.82) is 0 Å². The normalized spacial score (nSPS) is 12.3. The van der Waals surface area contributed by atoms with Crippen molar-refractivity contribution in [2.24, 2.45) is 0 Å². The summed E-state index contributed by atoms with van der Waals surface area (Å²) in [5.41, 5.74) is 2.52. The molecule has 0 aliphatic rings. The first-order chi connectivity index (χ1) is 11.1. The second-order valence-electron chi connectivity index (χ2n) is 5.70. The van der Waals surface area contributed by atoms with Gasteiger partial charge in [0, 0.05) is 11.6 Å². The average molecular weight is 345 g/mol. The lowest BCUT2D eigenvalue weighted by Crippen LogP contribution is -2.42. The van der Waals surface area contributed by atoms with E-state index in [0.29, 0.717) is 17.1 Å². The number of ether oxygens (including phenoxy) is 2. The summed E-state index contributed by atoms with van der Waals surface area (Å²) in [7, 11) is 3.00. The van der Waals surface area contributed by atoms with Gasteiger partial charge in [0.25, 0.3) is 0 Å². The van der Waals surface area contributed by atoms with Crippen LogP contribution in [0.15, 0.2) is 17.7 Å². The van der Waals surface area contributed by atoms with Crippen molar-refractivity contribution in [2.75, 3.05) is 14.2 Å². The first-order valence-electron chi connectivity index (χ1n) is 7.36. The van der Waals surface area contributed by atoms with E-state index in [1.165, 1.54) is 21.1 Å². The van der Waals surface area contributed by atoms with E-state index in [9.17, 15) is 18.0 Å². The fourth-order valence-corrected chi connectivity index (χ4v) is 2.25. The quantitative estimate of drug-likeness (QED) is 0.854. The maximum absolute atomic E-state index is 12.3. The van der Waals surface area contributed by atoms with Gasteiger partial charge in [-0.05, 0) is 44.9 Å². The van der Waals surface area contributed by atoms with Crippen LogP contribution in [0.1, 0.15) is 31.9 Å². The topological polar surface area (TPSA) is 47.6 Å². The van der Waals surface area contributed by atoms with E-state index < -0.39 is 18.1 Å². The van der Waals surface area contributed by atoms with Crippen LogP contribution in [-0.4, -0.2) is 32.3 Å². The molecule has 134 valence electrons. The molecule has 0 spiro atoms. The van der Waals surface area contributed by atoms with Gasteiger partial charge in [0.1, 0.15) is 11.5 Å². The van der Waals surface area contributed by atoms with E-state index in [2.05, 4.69) is 0 Å². The third-order valence-electron chi connectivity index (χ3n) is 3.24. The van der Waals surface area contributed by atoms with Crippen molar-refractivity contribution in [3.05, 3.63) is 28.8 Å². The number of benzene rings is 1. The minimum Gasteiger partial charge on any atom is -0.496 e. The third kappa shape index (κ3) is 5.47. The van der Waals surface area contributed by atoms with Crippen LogP contribution in [0.4, 0.5) is 13.2 Å². The summed E-state index contributed by atoms with van der Waals surface area (Å²) in [5, 5.41) is 1.93. The Kier molecular flexibility index (Phi) is 6.69. The minimum atomic E-state index is -4.90. The van der Waals surface area contributed by atoms with Crippen LogP contribution < -0.4 is 14.8 Å². The highest BCUT2D eigenvalue weighted by Crippen LogP contribution is 2.31. The molecule has 0 saturated carbocycles. The number of amides is 1. The van der Waals surface area contributed by atoms with E-state index in [4.69, 9.17) is 9.47 Å². The van der Waals surface area contributed by atoms with E-state index in [1.54, 1.807) is 12.1 Å². The summed E-state index contributed by atoms with van der Waals surface area (Å²) in [4.78, 5) is 11.0. The van der Waals surface area contributed by atoms with Crippen LogP contribution in [0.2, 0.25) is 0 Å². The first-order valence-corrected chi connectivity index (χ1v) is 7.36. The van der Waals surface area contributed by atoms with Gasteiger partial charge in [-0.1, -0.05) is 11.6 Å². The molecular formula is C17H22F3NO3. The Morgan fingerprint density at radius 2 is 1.79 bits per heavy atom. The number of hydrogen-bond acceptors (Lipinski definition) is 3. The van der Waals surface area contributed by atoms with E-state index in [1.807, 2.05) is 25.2 Å². The molecule has 0 aliphatic heterocycles. The summed E-state index contributed by atoms with van der Waals surface area (Å²) in [6.07, 6.45) is -2.81. The second kappa shape index (κ2) is 8.08. The molecule has 1 unspecified atom stereocenters. The molecule has 1 aromatic carbocycles. The number of hydrogen-bond donors (Lipinski definition) is 1. The highest BCUT2D eigenvalue weighted by Gasteiger charge is 2.39. The van der Waals surface area contributed by atoms with Gasteiger partial charge in [-0.25, -0.2) is 0 Å². The Balaban J connectivity index is 3.07. The molecule has 0 fully saturated rings. The van der Waals surface area contributed by atoms with Gasteiger partial charge in [0.15, 0.2) is 0 Å². The monoisotopic (exact) mass is 345 g/mol. The van der Waals surface area contributed by atoms with Gasteiger partial charge in [-0.15, -0.1) is 0 Å². The third-order valence-corrected chi connectivity index (χ3v) is 3.24. The first kappa shape index (κ1) is 19.9. The molecule has 1 rings (SSSR count). The molecule has 4 nitrogen and oxygen atoms in total. The molecule has 0 aromatic heterocycles. The predicted octanol–water partition coefficient (Wildman–Crippen LogP) is 3.74. The highest BCUT2D eigenvalue weighted by molar-refractivity contribution is 5.81. The summed E-state index contributed by atoms with van der Waals surface area (Å²) in [6.45, 7) is 5.38.